The Morgan fingerprint density at radius 3 is 2.29 bits per heavy atom. The lowest BCUT2D eigenvalue weighted by Gasteiger charge is -2.22. The number of rotatable bonds is 6. The molecule has 0 aromatic heterocycles. The minimum absolute atomic E-state index is 0.0894. The van der Waals surface area contributed by atoms with Gasteiger partial charge >= 0.3 is 12.6 Å². The molecule has 1 heterocycles. The number of carbonyl (C=O) groups is 3. The fourth-order valence-electron chi connectivity index (χ4n) is 2.98. The van der Waals surface area contributed by atoms with Crippen molar-refractivity contribution in [3.8, 4) is 5.75 Å². The molecule has 1 aliphatic rings. The van der Waals surface area contributed by atoms with Crippen molar-refractivity contribution < 1.29 is 27.9 Å². The number of alkyl halides is 2. The molecule has 0 radical (unpaired) electrons. The Hall–Kier alpha value is -3.29. The second-order valence-electron chi connectivity index (χ2n) is 6.64. The van der Waals surface area contributed by atoms with Crippen LogP contribution < -0.4 is 10.1 Å². The van der Waals surface area contributed by atoms with Gasteiger partial charge < -0.3 is 10.1 Å². The largest absolute Gasteiger partial charge is 0.435 e. The number of Topliss-reactive ketones (excluding diaryl/α,β-unsaturated/α-hetero) is 1. The van der Waals surface area contributed by atoms with Crippen molar-refractivity contribution in [3.63, 3.8) is 0 Å². The Morgan fingerprint density at radius 2 is 1.71 bits per heavy atom. The van der Waals surface area contributed by atoms with Crippen molar-refractivity contribution >= 4 is 17.7 Å². The summed E-state index contributed by atoms with van der Waals surface area (Å²) in [6.07, 6.45) is 0. The zero-order valence-corrected chi connectivity index (χ0v) is 15.2. The number of amides is 3. The number of hydrogen-bond donors (Lipinski definition) is 1. The molecule has 0 saturated carbocycles. The van der Waals surface area contributed by atoms with Crippen molar-refractivity contribution in [3.05, 3.63) is 65.2 Å². The van der Waals surface area contributed by atoms with E-state index >= 15 is 0 Å². The van der Waals surface area contributed by atoms with Crippen LogP contribution in [-0.2, 0) is 10.3 Å². The summed E-state index contributed by atoms with van der Waals surface area (Å²) < 4.78 is 28.6. The predicted octanol–water partition coefficient (Wildman–Crippen LogP) is 3.25. The van der Waals surface area contributed by atoms with E-state index in [9.17, 15) is 23.2 Å². The van der Waals surface area contributed by atoms with E-state index in [1.54, 1.807) is 19.1 Å². The molecule has 0 aliphatic carbocycles. The van der Waals surface area contributed by atoms with E-state index in [2.05, 4.69) is 10.1 Å². The standard InChI is InChI=1S/C20H18F2N2O4/c1-12-3-7-14(8-4-12)20(2)17(26)24(19(27)23-20)11-16(25)13-5-9-15(10-6-13)28-18(21)22/h3-10,18H,11H2,1-2H3,(H,23,27)/t20-/m0/s1. The number of ether oxygens (including phenoxy) is 1. The van der Waals surface area contributed by atoms with Crippen LogP contribution in [0.4, 0.5) is 13.6 Å². The Kier molecular flexibility index (Phi) is 5.13. The van der Waals surface area contributed by atoms with Crippen LogP contribution in [-0.4, -0.2) is 35.8 Å². The lowest BCUT2D eigenvalue weighted by molar-refractivity contribution is -0.130. The molecule has 8 heteroatoms. The van der Waals surface area contributed by atoms with Gasteiger partial charge in [-0.15, -0.1) is 0 Å². The van der Waals surface area contributed by atoms with E-state index in [-0.39, 0.29) is 11.3 Å². The van der Waals surface area contributed by atoms with Gasteiger partial charge in [0.05, 0.1) is 6.54 Å². The first-order valence-corrected chi connectivity index (χ1v) is 8.50. The molecule has 146 valence electrons. The van der Waals surface area contributed by atoms with Crippen LogP contribution in [0.2, 0.25) is 0 Å². The molecular formula is C20H18F2N2O4. The summed E-state index contributed by atoms with van der Waals surface area (Å²) in [6, 6.07) is 11.5. The number of imide groups is 1. The second kappa shape index (κ2) is 7.38. The van der Waals surface area contributed by atoms with Gasteiger partial charge in [-0.2, -0.15) is 8.78 Å². The molecule has 1 N–H and O–H groups in total. The van der Waals surface area contributed by atoms with E-state index in [4.69, 9.17) is 0 Å². The molecule has 0 spiro atoms. The normalized spacial score (nSPS) is 19.1. The van der Waals surface area contributed by atoms with Gasteiger partial charge in [-0.3, -0.25) is 14.5 Å². The third kappa shape index (κ3) is 3.71. The molecule has 6 nitrogen and oxygen atoms in total. The average Bonchev–Trinajstić information content (AvgIpc) is 2.86. The molecule has 1 saturated heterocycles. The molecule has 1 aliphatic heterocycles. The smallest absolute Gasteiger partial charge is 0.387 e. The minimum Gasteiger partial charge on any atom is -0.435 e. The van der Waals surface area contributed by atoms with Gasteiger partial charge in [-0.25, -0.2) is 4.79 Å². The first-order valence-electron chi connectivity index (χ1n) is 8.50. The summed E-state index contributed by atoms with van der Waals surface area (Å²) in [4.78, 5) is 38.5. The monoisotopic (exact) mass is 388 g/mol. The first kappa shape index (κ1) is 19.5. The molecule has 1 fully saturated rings. The highest BCUT2D eigenvalue weighted by Crippen LogP contribution is 2.29. The molecule has 2 aromatic rings. The summed E-state index contributed by atoms with van der Waals surface area (Å²) in [5, 5.41) is 2.64. The van der Waals surface area contributed by atoms with E-state index < -0.39 is 36.4 Å². The van der Waals surface area contributed by atoms with E-state index in [0.717, 1.165) is 10.5 Å². The van der Waals surface area contributed by atoms with Crippen LogP contribution in [0.25, 0.3) is 0 Å². The van der Waals surface area contributed by atoms with Crippen molar-refractivity contribution in [2.45, 2.75) is 26.0 Å². The fourth-order valence-corrected chi connectivity index (χ4v) is 2.98. The second-order valence-corrected chi connectivity index (χ2v) is 6.64. The van der Waals surface area contributed by atoms with Gasteiger partial charge in [0, 0.05) is 5.56 Å². The van der Waals surface area contributed by atoms with E-state index in [0.29, 0.717) is 5.56 Å². The minimum atomic E-state index is -2.97. The van der Waals surface area contributed by atoms with Gasteiger partial charge in [0.25, 0.3) is 5.91 Å². The SMILES string of the molecule is Cc1ccc([C@]2(C)NC(=O)N(CC(=O)c3ccc(OC(F)F)cc3)C2=O)cc1. The summed E-state index contributed by atoms with van der Waals surface area (Å²) in [5.41, 5.74) is 0.529. The summed E-state index contributed by atoms with van der Waals surface area (Å²) in [6.45, 7) is 0.0657. The van der Waals surface area contributed by atoms with Gasteiger partial charge in [-0.05, 0) is 43.7 Å². The molecule has 2 aromatic carbocycles. The highest BCUT2D eigenvalue weighted by atomic mass is 19.3. The number of aryl methyl sites for hydroxylation is 1. The number of benzene rings is 2. The maximum absolute atomic E-state index is 12.9. The lowest BCUT2D eigenvalue weighted by atomic mass is 9.91. The van der Waals surface area contributed by atoms with Gasteiger partial charge in [-0.1, -0.05) is 29.8 Å². The number of nitrogens with one attached hydrogen (secondary N) is 1. The number of hydrogen-bond acceptors (Lipinski definition) is 4. The number of carbonyl (C=O) groups excluding carboxylic acids is 3. The topological polar surface area (TPSA) is 75.7 Å². The van der Waals surface area contributed by atoms with Crippen LogP contribution >= 0.6 is 0 Å². The van der Waals surface area contributed by atoms with Crippen LogP contribution in [0.15, 0.2) is 48.5 Å². The van der Waals surface area contributed by atoms with Crippen molar-refractivity contribution in [2.24, 2.45) is 0 Å². The van der Waals surface area contributed by atoms with Crippen molar-refractivity contribution in [1.29, 1.82) is 0 Å². The number of ketones is 1. The number of nitrogens with zero attached hydrogens (tertiary/aromatic N) is 1. The molecule has 3 amide bonds. The van der Waals surface area contributed by atoms with Crippen molar-refractivity contribution in [2.75, 3.05) is 6.54 Å². The molecule has 28 heavy (non-hydrogen) atoms. The van der Waals surface area contributed by atoms with Crippen LogP contribution in [0.3, 0.4) is 0 Å². The summed E-state index contributed by atoms with van der Waals surface area (Å²) in [5.74, 6) is -1.12. The Labute approximate surface area is 160 Å². The van der Waals surface area contributed by atoms with Crippen LogP contribution in [0.5, 0.6) is 5.75 Å². The maximum Gasteiger partial charge on any atom is 0.387 e. The zero-order chi connectivity index (χ0) is 20.5. The highest BCUT2D eigenvalue weighted by molar-refractivity contribution is 6.11. The van der Waals surface area contributed by atoms with Gasteiger partial charge in [0.1, 0.15) is 11.3 Å². The lowest BCUT2D eigenvalue weighted by Crippen LogP contribution is -2.41. The zero-order valence-electron chi connectivity index (χ0n) is 15.2. The number of urea groups is 1. The Morgan fingerprint density at radius 1 is 1.11 bits per heavy atom. The van der Waals surface area contributed by atoms with Crippen LogP contribution in [0.1, 0.15) is 28.4 Å². The highest BCUT2D eigenvalue weighted by Gasteiger charge is 2.49. The molecule has 3 rings (SSSR count). The molecule has 0 bridgehead atoms. The third-order valence-electron chi connectivity index (χ3n) is 4.61. The molecule has 0 unspecified atom stereocenters. The summed E-state index contributed by atoms with van der Waals surface area (Å²) in [7, 11) is 0. The molecular weight excluding hydrogens is 370 g/mol. The molecule has 1 atom stereocenters. The first-order chi connectivity index (χ1) is 13.2. The summed E-state index contributed by atoms with van der Waals surface area (Å²) >= 11 is 0. The number of halogens is 2. The third-order valence-corrected chi connectivity index (χ3v) is 4.61. The quantitative estimate of drug-likeness (QED) is 0.609. The van der Waals surface area contributed by atoms with Crippen LogP contribution in [0, 0.1) is 6.92 Å². The Balaban J connectivity index is 1.75. The van der Waals surface area contributed by atoms with Crippen molar-refractivity contribution in [1.82, 2.24) is 10.2 Å². The fraction of sp³-hybridized carbons (Fsp3) is 0.250. The van der Waals surface area contributed by atoms with Gasteiger partial charge in [0.15, 0.2) is 5.78 Å². The predicted molar refractivity (Wildman–Crippen MR) is 96.2 cm³/mol. The Bertz CT molecular complexity index is 913. The van der Waals surface area contributed by atoms with E-state index in [1.165, 1.54) is 24.3 Å². The average molecular weight is 388 g/mol. The van der Waals surface area contributed by atoms with E-state index in [1.807, 2.05) is 19.1 Å². The maximum atomic E-state index is 12.9. The van der Waals surface area contributed by atoms with Gasteiger partial charge in [0.2, 0.25) is 0 Å².